The molecular weight excluding hydrogens is 69.0 g/mol. The smallest absolute Gasteiger partial charge is 0.600 e. The molecule has 0 aliphatic rings. The fourth-order valence-electron chi connectivity index (χ4n) is 0. The van der Waals surface area contributed by atoms with Gasteiger partial charge in [0.05, 0.1) is 0 Å². The molecule has 0 saturated carbocycles. The minimum absolute atomic E-state index is 0. The Bertz CT molecular complexity index is 23.0. The molecule has 0 amide bonds. The molecule has 0 atom stereocenters. The van der Waals surface area contributed by atoms with E-state index in [1.165, 1.54) is 0 Å². The van der Waals surface area contributed by atoms with Crippen molar-refractivity contribution in [3.63, 3.8) is 0 Å². The molecule has 0 aliphatic heterocycles. The zero-order chi connectivity index (χ0) is 4.50. The van der Waals surface area contributed by atoms with Gasteiger partial charge in [0.15, 0.2) is 0 Å². The average molecular weight is 79.1 g/mol. The van der Waals surface area contributed by atoms with Crippen molar-refractivity contribution in [2.75, 3.05) is 14.1 Å². The van der Waals surface area contributed by atoms with Crippen LogP contribution in [0.4, 0.5) is 0 Å². The molecule has 0 aromatic heterocycles. The zero-order valence-corrected chi connectivity index (χ0v) is 4.86. The van der Waals surface area contributed by atoms with Crippen LogP contribution in [0.3, 0.4) is 0 Å². The molecule has 32 valence electrons. The van der Waals surface area contributed by atoms with E-state index < -0.39 is 0 Å². The molecule has 0 aromatic carbocycles. The van der Waals surface area contributed by atoms with Gasteiger partial charge in [-0.1, -0.05) is 0 Å². The van der Waals surface area contributed by atoms with E-state index in [9.17, 15) is 0 Å². The van der Waals surface area contributed by atoms with Crippen LogP contribution in [0, 0.1) is 14.1 Å². The van der Waals surface area contributed by atoms with Crippen molar-refractivity contribution in [1.82, 2.24) is 0 Å². The summed E-state index contributed by atoms with van der Waals surface area (Å²) in [6.45, 7) is 0. The third-order valence-corrected chi connectivity index (χ3v) is 0. The number of nitrogens with zero attached hydrogens (tertiary/aromatic N) is 1. The van der Waals surface area contributed by atoms with Crippen molar-refractivity contribution < 1.29 is 23.3 Å². The van der Waals surface area contributed by atoms with Gasteiger partial charge in [0.2, 0.25) is 0 Å². The van der Waals surface area contributed by atoms with Crippen molar-refractivity contribution in [1.29, 1.82) is 0 Å². The SMILES string of the molecule is [CH2-][N+]([CH2-])(C)C.[Li+]. The van der Waals surface area contributed by atoms with Crippen LogP contribution in [0.15, 0.2) is 0 Å². The summed E-state index contributed by atoms with van der Waals surface area (Å²) in [5.41, 5.74) is 0. The maximum absolute atomic E-state index is 3.60. The monoisotopic (exact) mass is 79.1 g/mol. The third kappa shape index (κ3) is 186. The molecule has 0 aliphatic carbocycles. The first-order valence-corrected chi connectivity index (χ1v) is 1.53. The van der Waals surface area contributed by atoms with Crippen LogP contribution >= 0.6 is 0 Å². The fraction of sp³-hybridized carbons (Fsp3) is 0.500. The first kappa shape index (κ1) is 9.75. The summed E-state index contributed by atoms with van der Waals surface area (Å²) in [7, 11) is 11.0. The second-order valence-electron chi connectivity index (χ2n) is 1.94. The predicted molar refractivity (Wildman–Crippen MR) is 22.8 cm³/mol. The van der Waals surface area contributed by atoms with Gasteiger partial charge >= 0.3 is 18.9 Å². The Morgan fingerprint density at radius 1 is 1.17 bits per heavy atom. The number of hydrogen-bond donors (Lipinski definition) is 0. The van der Waals surface area contributed by atoms with Gasteiger partial charge in [-0.05, 0) is 0 Å². The average Bonchev–Trinajstić information content (AvgIpc) is 0.722. The first-order chi connectivity index (χ1) is 2.00. The third-order valence-electron chi connectivity index (χ3n) is 0. The molecule has 0 rings (SSSR count). The number of hydrogen-bond acceptors (Lipinski definition) is 0. The van der Waals surface area contributed by atoms with E-state index in [-0.39, 0.29) is 18.9 Å². The van der Waals surface area contributed by atoms with E-state index in [0.717, 1.165) is 0 Å². The Kier molecular flexibility index (Phi) is 4.36. The summed E-state index contributed by atoms with van der Waals surface area (Å²) in [5, 5.41) is 0. The minimum Gasteiger partial charge on any atom is -0.600 e. The molecule has 1 nitrogen and oxygen atoms in total. The summed E-state index contributed by atoms with van der Waals surface area (Å²) >= 11 is 0. The van der Waals surface area contributed by atoms with Gasteiger partial charge in [-0.15, -0.1) is 0 Å². The van der Waals surface area contributed by atoms with E-state index in [1.807, 2.05) is 14.1 Å². The van der Waals surface area contributed by atoms with Crippen LogP contribution in [0.25, 0.3) is 0 Å². The molecule has 0 fully saturated rings. The predicted octanol–water partition coefficient (Wildman–Crippen LogP) is -2.35. The van der Waals surface area contributed by atoms with Gasteiger partial charge in [0.25, 0.3) is 0 Å². The molecule has 0 bridgehead atoms. The molecule has 0 heterocycles. The van der Waals surface area contributed by atoms with E-state index in [1.54, 1.807) is 0 Å². The Labute approximate surface area is 52.1 Å². The van der Waals surface area contributed by atoms with Crippen LogP contribution < -0.4 is 18.9 Å². The van der Waals surface area contributed by atoms with Gasteiger partial charge in [0.1, 0.15) is 0 Å². The van der Waals surface area contributed by atoms with E-state index in [2.05, 4.69) is 14.1 Å². The minimum atomic E-state index is 0. The topological polar surface area (TPSA) is 0 Å². The molecular formula is C4H10LiN. The Morgan fingerprint density at radius 3 is 1.17 bits per heavy atom. The Morgan fingerprint density at radius 2 is 1.17 bits per heavy atom. The molecule has 0 saturated heterocycles. The molecule has 0 unspecified atom stereocenters. The Hall–Kier alpha value is 0.557. The molecule has 6 heavy (non-hydrogen) atoms. The maximum Gasteiger partial charge on any atom is 1.00 e. The van der Waals surface area contributed by atoms with Crippen LogP contribution in [0.1, 0.15) is 0 Å². The van der Waals surface area contributed by atoms with Gasteiger partial charge in [0, 0.05) is 14.1 Å². The van der Waals surface area contributed by atoms with Crippen molar-refractivity contribution in [3.05, 3.63) is 14.1 Å². The standard InChI is InChI=1S/C4H10N.Li/c1-5(2,3)4;/h1-2H2,3-4H3;/q-1;+1. The van der Waals surface area contributed by atoms with Crippen molar-refractivity contribution >= 4 is 0 Å². The van der Waals surface area contributed by atoms with Gasteiger partial charge < -0.3 is 4.48 Å². The first-order valence-electron chi connectivity index (χ1n) is 1.53. The summed E-state index contributed by atoms with van der Waals surface area (Å²) in [6, 6.07) is 0. The maximum atomic E-state index is 3.60. The molecule has 0 N–H and O–H groups in total. The van der Waals surface area contributed by atoms with Crippen LogP contribution in [-0.4, -0.2) is 18.6 Å². The summed E-state index contributed by atoms with van der Waals surface area (Å²) in [5.74, 6) is 0. The van der Waals surface area contributed by atoms with E-state index >= 15 is 0 Å². The molecule has 2 heteroatoms. The molecule has 0 aromatic rings. The van der Waals surface area contributed by atoms with Gasteiger partial charge in [-0.25, -0.2) is 0 Å². The second kappa shape index (κ2) is 2.68. The van der Waals surface area contributed by atoms with Crippen LogP contribution in [0.2, 0.25) is 0 Å². The number of quaternary nitrogens is 1. The van der Waals surface area contributed by atoms with Crippen LogP contribution in [0.5, 0.6) is 0 Å². The van der Waals surface area contributed by atoms with E-state index in [0.29, 0.717) is 4.48 Å². The van der Waals surface area contributed by atoms with Gasteiger partial charge in [-0.3, -0.25) is 0 Å². The summed E-state index contributed by atoms with van der Waals surface area (Å²) in [6.07, 6.45) is 0. The molecule has 0 radical (unpaired) electrons. The van der Waals surface area contributed by atoms with Gasteiger partial charge in [-0.2, -0.15) is 14.1 Å². The Balaban J connectivity index is 0. The quantitative estimate of drug-likeness (QED) is 0.173. The van der Waals surface area contributed by atoms with Crippen molar-refractivity contribution in [2.24, 2.45) is 0 Å². The van der Waals surface area contributed by atoms with Crippen molar-refractivity contribution in [3.8, 4) is 0 Å². The fourth-order valence-corrected chi connectivity index (χ4v) is 0. The zero-order valence-electron chi connectivity index (χ0n) is 4.86. The normalized spacial score (nSPS) is 10.0. The molecule has 0 spiro atoms. The van der Waals surface area contributed by atoms with Crippen molar-refractivity contribution in [2.45, 2.75) is 0 Å². The summed E-state index contributed by atoms with van der Waals surface area (Å²) < 4.78 is 0.500. The largest absolute Gasteiger partial charge is 1.00 e. The summed E-state index contributed by atoms with van der Waals surface area (Å²) in [4.78, 5) is 0. The van der Waals surface area contributed by atoms with E-state index in [4.69, 9.17) is 0 Å². The van der Waals surface area contributed by atoms with Crippen LogP contribution in [-0.2, 0) is 0 Å². The second-order valence-corrected chi connectivity index (χ2v) is 1.94. The number of rotatable bonds is 0.